The number of aryl methyl sites for hydroxylation is 1. The highest BCUT2D eigenvalue weighted by Crippen LogP contribution is 2.30. The Bertz CT molecular complexity index is 1540. The van der Waals surface area contributed by atoms with Gasteiger partial charge in [-0.15, -0.1) is 0 Å². The zero-order valence-corrected chi connectivity index (χ0v) is 19.5. The molecule has 1 aliphatic heterocycles. The molecule has 170 valence electrons. The van der Waals surface area contributed by atoms with Gasteiger partial charge in [-0.05, 0) is 48.5 Å². The molecule has 0 fully saturated rings. The van der Waals surface area contributed by atoms with Crippen LogP contribution in [0.25, 0.3) is 22.4 Å². The normalized spacial score (nSPS) is 13.9. The van der Waals surface area contributed by atoms with Gasteiger partial charge in [0.15, 0.2) is 10.2 Å². The summed E-state index contributed by atoms with van der Waals surface area (Å²) in [5.74, 6) is 1.49. The van der Waals surface area contributed by atoms with E-state index in [1.165, 1.54) is 17.3 Å². The highest BCUT2D eigenvalue weighted by Gasteiger charge is 2.22. The van der Waals surface area contributed by atoms with Gasteiger partial charge in [-0.1, -0.05) is 36.4 Å². The minimum Gasteiger partial charge on any atom is -0.453 e. The van der Waals surface area contributed by atoms with Crippen LogP contribution in [0.5, 0.6) is 0 Å². The smallest absolute Gasteiger partial charge is 0.255 e. The second-order valence-corrected chi connectivity index (χ2v) is 9.55. The van der Waals surface area contributed by atoms with Crippen LogP contribution in [-0.4, -0.2) is 31.4 Å². The first-order valence-electron chi connectivity index (χ1n) is 11.2. The van der Waals surface area contributed by atoms with Gasteiger partial charge in [0.05, 0.1) is 28.8 Å². The number of aromatic nitrogens is 4. The number of fused-ring (bicyclic) bond motifs is 2. The van der Waals surface area contributed by atoms with Crippen molar-refractivity contribution in [3.63, 3.8) is 0 Å². The Labute approximate surface area is 200 Å². The maximum atomic E-state index is 12.8. The predicted molar refractivity (Wildman–Crippen MR) is 132 cm³/mol. The zero-order valence-electron chi connectivity index (χ0n) is 18.7. The Morgan fingerprint density at radius 3 is 2.82 bits per heavy atom. The van der Waals surface area contributed by atoms with E-state index in [0.29, 0.717) is 18.9 Å². The molecule has 0 atom stereocenters. The molecule has 8 heteroatoms. The minimum atomic E-state index is -0.0654. The van der Waals surface area contributed by atoms with E-state index >= 15 is 0 Å². The van der Waals surface area contributed by atoms with Crippen LogP contribution < -0.4 is 5.56 Å². The number of furan rings is 1. The van der Waals surface area contributed by atoms with Gasteiger partial charge in [0.2, 0.25) is 0 Å². The molecule has 2 aromatic carbocycles. The van der Waals surface area contributed by atoms with Crippen molar-refractivity contribution >= 4 is 22.8 Å². The van der Waals surface area contributed by atoms with Gasteiger partial charge in [-0.2, -0.15) is 0 Å². The summed E-state index contributed by atoms with van der Waals surface area (Å²) < 4.78 is 6.06. The Hall–Kier alpha value is -3.62. The van der Waals surface area contributed by atoms with Crippen LogP contribution in [0, 0.1) is 6.92 Å². The summed E-state index contributed by atoms with van der Waals surface area (Å²) in [6.45, 7) is 4.08. The van der Waals surface area contributed by atoms with Crippen molar-refractivity contribution in [2.75, 3.05) is 6.54 Å². The second-order valence-electron chi connectivity index (χ2n) is 8.55. The molecule has 0 bridgehead atoms. The quantitative estimate of drug-likeness (QED) is 0.380. The Morgan fingerprint density at radius 1 is 1.06 bits per heavy atom. The summed E-state index contributed by atoms with van der Waals surface area (Å²) in [6, 6.07) is 19.9. The molecule has 0 amide bonds. The summed E-state index contributed by atoms with van der Waals surface area (Å²) in [5, 5.41) is 1.59. The lowest BCUT2D eigenvalue weighted by molar-refractivity contribution is 0.217. The van der Waals surface area contributed by atoms with Gasteiger partial charge in [0, 0.05) is 25.1 Å². The number of aromatic amines is 2. The number of hydrogen-bond acceptors (Lipinski definition) is 6. The minimum absolute atomic E-state index is 0.0654. The molecule has 0 spiro atoms. The average molecular weight is 470 g/mol. The maximum Gasteiger partial charge on any atom is 0.255 e. The SMILES string of the molecule is Cc1ccc2nc(Sc3ccc(CN4CCc5nc(-c6ccccc6)[nH]c(=O)c5C4)o3)[nH]c2c1. The Balaban J connectivity index is 1.15. The molecular formula is C26H23N5O2S. The van der Waals surface area contributed by atoms with E-state index in [9.17, 15) is 4.79 Å². The fourth-order valence-electron chi connectivity index (χ4n) is 4.31. The lowest BCUT2D eigenvalue weighted by atomic mass is 10.1. The second kappa shape index (κ2) is 8.62. The molecule has 2 N–H and O–H groups in total. The average Bonchev–Trinajstić information content (AvgIpc) is 3.45. The lowest BCUT2D eigenvalue weighted by Gasteiger charge is -2.26. The van der Waals surface area contributed by atoms with E-state index in [1.54, 1.807) is 0 Å². The molecule has 6 rings (SSSR count). The molecule has 0 saturated carbocycles. The number of nitrogens with one attached hydrogen (secondary N) is 2. The Kier molecular flexibility index (Phi) is 5.31. The van der Waals surface area contributed by atoms with Crippen LogP contribution in [0.3, 0.4) is 0 Å². The number of hydrogen-bond donors (Lipinski definition) is 2. The third kappa shape index (κ3) is 4.18. The van der Waals surface area contributed by atoms with E-state index in [2.05, 4.69) is 38.9 Å². The molecule has 0 saturated heterocycles. The summed E-state index contributed by atoms with van der Waals surface area (Å²) in [7, 11) is 0. The first-order chi connectivity index (χ1) is 16.6. The first kappa shape index (κ1) is 20.9. The summed E-state index contributed by atoms with van der Waals surface area (Å²) in [4.78, 5) is 30.7. The van der Waals surface area contributed by atoms with Crippen LogP contribution in [0.2, 0.25) is 0 Å². The van der Waals surface area contributed by atoms with E-state index < -0.39 is 0 Å². The largest absolute Gasteiger partial charge is 0.453 e. The summed E-state index contributed by atoms with van der Waals surface area (Å²) >= 11 is 1.48. The maximum absolute atomic E-state index is 12.8. The third-order valence-corrected chi connectivity index (χ3v) is 6.83. The van der Waals surface area contributed by atoms with E-state index in [1.807, 2.05) is 48.5 Å². The summed E-state index contributed by atoms with van der Waals surface area (Å²) in [5.41, 5.74) is 5.65. The molecule has 0 radical (unpaired) electrons. The van der Waals surface area contributed by atoms with Crippen molar-refractivity contribution in [3.8, 4) is 11.4 Å². The Morgan fingerprint density at radius 2 is 1.94 bits per heavy atom. The van der Waals surface area contributed by atoms with E-state index in [0.717, 1.165) is 56.8 Å². The molecule has 7 nitrogen and oxygen atoms in total. The van der Waals surface area contributed by atoms with Crippen molar-refractivity contribution < 1.29 is 4.42 Å². The van der Waals surface area contributed by atoms with Crippen LogP contribution in [0.1, 0.15) is 22.6 Å². The van der Waals surface area contributed by atoms with Gasteiger partial charge >= 0.3 is 0 Å². The molecule has 4 heterocycles. The molecule has 0 aliphatic carbocycles. The number of imidazole rings is 1. The molecule has 5 aromatic rings. The third-order valence-electron chi connectivity index (χ3n) is 6.02. The molecular weight excluding hydrogens is 446 g/mol. The number of rotatable bonds is 5. The lowest BCUT2D eigenvalue weighted by Crippen LogP contribution is -2.35. The van der Waals surface area contributed by atoms with Crippen LogP contribution in [-0.2, 0) is 19.5 Å². The van der Waals surface area contributed by atoms with E-state index in [4.69, 9.17) is 9.40 Å². The van der Waals surface area contributed by atoms with Gasteiger partial charge in [0.1, 0.15) is 11.6 Å². The summed E-state index contributed by atoms with van der Waals surface area (Å²) in [6.07, 6.45) is 0.736. The molecule has 34 heavy (non-hydrogen) atoms. The number of nitrogens with zero attached hydrogens (tertiary/aromatic N) is 3. The number of H-pyrrole nitrogens is 2. The topological polar surface area (TPSA) is 90.8 Å². The van der Waals surface area contributed by atoms with Crippen molar-refractivity contribution in [1.82, 2.24) is 24.8 Å². The van der Waals surface area contributed by atoms with Gasteiger partial charge in [-0.3, -0.25) is 9.69 Å². The predicted octanol–water partition coefficient (Wildman–Crippen LogP) is 4.92. The van der Waals surface area contributed by atoms with Gasteiger partial charge in [-0.25, -0.2) is 9.97 Å². The monoisotopic (exact) mass is 469 g/mol. The van der Waals surface area contributed by atoms with Crippen LogP contribution >= 0.6 is 11.8 Å². The van der Waals surface area contributed by atoms with Gasteiger partial charge in [0.25, 0.3) is 5.56 Å². The fourth-order valence-corrected chi connectivity index (χ4v) is 5.09. The van der Waals surface area contributed by atoms with Crippen molar-refractivity contribution in [2.45, 2.75) is 36.7 Å². The fraction of sp³-hybridized carbons (Fsp3) is 0.192. The van der Waals surface area contributed by atoms with Gasteiger partial charge < -0.3 is 14.4 Å². The van der Waals surface area contributed by atoms with Crippen molar-refractivity contribution in [1.29, 1.82) is 0 Å². The van der Waals surface area contributed by atoms with E-state index in [-0.39, 0.29) is 5.56 Å². The zero-order chi connectivity index (χ0) is 23.1. The van der Waals surface area contributed by atoms with Crippen LogP contribution in [0.15, 0.2) is 80.1 Å². The number of benzene rings is 2. The standard InChI is InChI=1S/C26H23N5O2S/c1-16-7-9-21-22(13-16)29-26(28-21)34-23-10-8-18(33-23)14-31-12-11-20-19(15-31)25(32)30-24(27-20)17-5-3-2-4-6-17/h2-10,13H,11-12,14-15H2,1H3,(H,28,29)(H,27,30,32). The highest BCUT2D eigenvalue weighted by atomic mass is 32.2. The van der Waals surface area contributed by atoms with Crippen molar-refractivity contribution in [3.05, 3.63) is 93.6 Å². The van der Waals surface area contributed by atoms with Crippen LogP contribution in [0.4, 0.5) is 0 Å². The highest BCUT2D eigenvalue weighted by molar-refractivity contribution is 7.99. The first-order valence-corrected chi connectivity index (χ1v) is 12.1. The molecule has 0 unspecified atom stereocenters. The molecule has 3 aromatic heterocycles. The molecule has 1 aliphatic rings. The van der Waals surface area contributed by atoms with Crippen molar-refractivity contribution in [2.24, 2.45) is 0 Å².